The normalized spacial score (nSPS) is 25.0. The topological polar surface area (TPSA) is 9.23 Å². The largest absolute Gasteiger partial charge is 0.369 e. The molecule has 3 heteroatoms. The van der Waals surface area contributed by atoms with Crippen LogP contribution in [0.2, 0.25) is 0 Å². The highest BCUT2D eigenvalue weighted by molar-refractivity contribution is 7.99. The maximum atomic E-state index is 5.88. The molecule has 64 valence electrons. The molecule has 0 amide bonds. The molecule has 1 spiro atoms. The van der Waals surface area contributed by atoms with Crippen LogP contribution < -0.4 is 0 Å². The third kappa shape index (κ3) is 0.966. The van der Waals surface area contributed by atoms with E-state index in [1.807, 2.05) is 23.1 Å². The van der Waals surface area contributed by atoms with E-state index in [2.05, 4.69) is 11.4 Å². The summed E-state index contributed by atoms with van der Waals surface area (Å²) in [7, 11) is 0. The van der Waals surface area contributed by atoms with Crippen molar-refractivity contribution < 1.29 is 4.74 Å². The van der Waals surface area contributed by atoms with Crippen LogP contribution in [0.15, 0.2) is 16.3 Å². The summed E-state index contributed by atoms with van der Waals surface area (Å²) in [5.74, 6) is 1.12. The quantitative estimate of drug-likeness (QED) is 0.634. The molecule has 1 fully saturated rings. The van der Waals surface area contributed by atoms with Gasteiger partial charge in [-0.2, -0.15) is 0 Å². The molecule has 3 rings (SSSR count). The summed E-state index contributed by atoms with van der Waals surface area (Å²) in [6.07, 6.45) is 2.47. The Morgan fingerprint density at radius 3 is 3.17 bits per heavy atom. The van der Waals surface area contributed by atoms with Gasteiger partial charge in [0.05, 0.1) is 6.61 Å². The Balaban J connectivity index is 2.09. The third-order valence-corrected chi connectivity index (χ3v) is 4.72. The van der Waals surface area contributed by atoms with Gasteiger partial charge in [0.1, 0.15) is 5.60 Å². The molecule has 2 aliphatic rings. The van der Waals surface area contributed by atoms with Crippen LogP contribution in [-0.2, 0) is 10.3 Å². The fourth-order valence-corrected chi connectivity index (χ4v) is 3.96. The van der Waals surface area contributed by atoms with Crippen molar-refractivity contribution in [2.75, 3.05) is 12.4 Å². The Labute approximate surface area is 80.1 Å². The molecule has 0 bridgehead atoms. The Kier molecular flexibility index (Phi) is 1.54. The molecule has 2 heterocycles. The monoisotopic (exact) mass is 198 g/mol. The Hall–Kier alpha value is 0.01000. The molecular formula is C9H10OS2. The molecule has 0 atom stereocenters. The van der Waals surface area contributed by atoms with Crippen molar-refractivity contribution in [2.24, 2.45) is 0 Å². The summed E-state index contributed by atoms with van der Waals surface area (Å²) in [5.41, 5.74) is 0.174. The van der Waals surface area contributed by atoms with Gasteiger partial charge < -0.3 is 4.74 Å². The number of hydrogen-bond acceptors (Lipinski definition) is 3. The first-order valence-corrected chi connectivity index (χ1v) is 6.12. The van der Waals surface area contributed by atoms with Crippen LogP contribution in [0, 0.1) is 0 Å². The lowest BCUT2D eigenvalue weighted by Crippen LogP contribution is -2.10. The van der Waals surface area contributed by atoms with Crippen LogP contribution in [0.4, 0.5) is 0 Å². The molecule has 0 saturated heterocycles. The molecule has 0 N–H and O–H groups in total. The van der Waals surface area contributed by atoms with Gasteiger partial charge in [-0.25, -0.2) is 0 Å². The van der Waals surface area contributed by atoms with Gasteiger partial charge in [0.25, 0.3) is 0 Å². The Morgan fingerprint density at radius 2 is 2.33 bits per heavy atom. The lowest BCUT2D eigenvalue weighted by atomic mass is 10.3. The Bertz CT molecular complexity index is 301. The molecule has 0 aromatic carbocycles. The van der Waals surface area contributed by atoms with Gasteiger partial charge in [0, 0.05) is 15.5 Å². The van der Waals surface area contributed by atoms with Crippen LogP contribution in [0.1, 0.15) is 17.7 Å². The highest BCUT2D eigenvalue weighted by Crippen LogP contribution is 2.55. The van der Waals surface area contributed by atoms with E-state index in [1.54, 1.807) is 0 Å². The van der Waals surface area contributed by atoms with E-state index >= 15 is 0 Å². The molecule has 1 aromatic heterocycles. The SMILES string of the molecule is c1cc2c(s1)C1(CC1)OCCS2. The standard InChI is InChI=1S/C9H10OS2/c1-5-12-8-7(1)11-6-4-10-9(8)2-3-9/h1,5H,2-4,6H2. The van der Waals surface area contributed by atoms with Crippen LogP contribution in [0.3, 0.4) is 0 Å². The fourth-order valence-electron chi connectivity index (χ4n) is 1.68. The van der Waals surface area contributed by atoms with Gasteiger partial charge in [0.15, 0.2) is 0 Å². The predicted octanol–water partition coefficient (Wildman–Crippen LogP) is 2.86. The highest BCUT2D eigenvalue weighted by atomic mass is 32.2. The molecule has 12 heavy (non-hydrogen) atoms. The first-order valence-electron chi connectivity index (χ1n) is 4.25. The van der Waals surface area contributed by atoms with Crippen molar-refractivity contribution in [2.45, 2.75) is 23.3 Å². The minimum atomic E-state index is 0.174. The number of fused-ring (bicyclic) bond motifs is 2. The molecule has 0 radical (unpaired) electrons. The van der Waals surface area contributed by atoms with Crippen molar-refractivity contribution in [3.63, 3.8) is 0 Å². The van der Waals surface area contributed by atoms with Gasteiger partial charge in [-0.1, -0.05) is 0 Å². The number of hydrogen-bond donors (Lipinski definition) is 0. The van der Waals surface area contributed by atoms with Crippen molar-refractivity contribution >= 4 is 23.1 Å². The van der Waals surface area contributed by atoms with Gasteiger partial charge in [-0.15, -0.1) is 23.1 Å². The van der Waals surface area contributed by atoms with E-state index in [0.29, 0.717) is 0 Å². The molecular weight excluding hydrogens is 188 g/mol. The number of rotatable bonds is 0. The van der Waals surface area contributed by atoms with Gasteiger partial charge >= 0.3 is 0 Å². The first-order chi connectivity index (χ1) is 5.91. The zero-order valence-electron chi connectivity index (χ0n) is 6.71. The second-order valence-corrected chi connectivity index (χ2v) is 5.36. The van der Waals surface area contributed by atoms with Crippen LogP contribution in [0.25, 0.3) is 0 Å². The van der Waals surface area contributed by atoms with E-state index in [9.17, 15) is 0 Å². The molecule has 1 aromatic rings. The summed E-state index contributed by atoms with van der Waals surface area (Å²) >= 11 is 3.81. The lowest BCUT2D eigenvalue weighted by molar-refractivity contribution is 0.0443. The van der Waals surface area contributed by atoms with Gasteiger partial charge in [0.2, 0.25) is 0 Å². The first kappa shape index (κ1) is 7.42. The summed E-state index contributed by atoms with van der Waals surface area (Å²) in [6, 6.07) is 2.24. The summed E-state index contributed by atoms with van der Waals surface area (Å²) in [6.45, 7) is 0.923. The summed E-state index contributed by atoms with van der Waals surface area (Å²) < 4.78 is 5.88. The minimum absolute atomic E-state index is 0.174. The average molecular weight is 198 g/mol. The molecule has 0 unspecified atom stereocenters. The maximum absolute atomic E-state index is 5.88. The van der Waals surface area contributed by atoms with Gasteiger partial charge in [-0.05, 0) is 24.3 Å². The highest BCUT2D eigenvalue weighted by Gasteiger charge is 2.48. The van der Waals surface area contributed by atoms with E-state index < -0.39 is 0 Å². The second kappa shape index (κ2) is 2.50. The third-order valence-electron chi connectivity index (χ3n) is 2.47. The predicted molar refractivity (Wildman–Crippen MR) is 51.9 cm³/mol. The van der Waals surface area contributed by atoms with Crippen molar-refractivity contribution in [3.8, 4) is 0 Å². The van der Waals surface area contributed by atoms with E-state index in [4.69, 9.17) is 4.74 Å². The smallest absolute Gasteiger partial charge is 0.104 e. The average Bonchev–Trinajstić information content (AvgIpc) is 2.77. The molecule has 1 saturated carbocycles. The molecule has 1 aliphatic carbocycles. The van der Waals surface area contributed by atoms with Crippen LogP contribution in [-0.4, -0.2) is 12.4 Å². The number of ether oxygens (including phenoxy) is 1. The van der Waals surface area contributed by atoms with E-state index in [-0.39, 0.29) is 5.60 Å². The lowest BCUT2D eigenvalue weighted by Gasteiger charge is -2.11. The van der Waals surface area contributed by atoms with Crippen molar-refractivity contribution in [1.29, 1.82) is 0 Å². The van der Waals surface area contributed by atoms with E-state index in [1.165, 1.54) is 22.6 Å². The number of thiophene rings is 1. The Morgan fingerprint density at radius 1 is 1.42 bits per heavy atom. The number of thioether (sulfide) groups is 1. The summed E-state index contributed by atoms with van der Waals surface area (Å²) in [4.78, 5) is 2.96. The van der Waals surface area contributed by atoms with Gasteiger partial charge in [-0.3, -0.25) is 0 Å². The summed E-state index contributed by atoms with van der Waals surface area (Å²) in [5, 5.41) is 2.19. The maximum Gasteiger partial charge on any atom is 0.104 e. The molecule has 1 nitrogen and oxygen atoms in total. The zero-order chi connectivity index (χ0) is 8.02. The van der Waals surface area contributed by atoms with Crippen LogP contribution in [0.5, 0.6) is 0 Å². The fraction of sp³-hybridized carbons (Fsp3) is 0.556. The van der Waals surface area contributed by atoms with E-state index in [0.717, 1.165) is 12.4 Å². The zero-order valence-corrected chi connectivity index (χ0v) is 8.34. The van der Waals surface area contributed by atoms with Crippen LogP contribution >= 0.6 is 23.1 Å². The van der Waals surface area contributed by atoms with Crippen molar-refractivity contribution in [1.82, 2.24) is 0 Å². The minimum Gasteiger partial charge on any atom is -0.369 e. The second-order valence-electron chi connectivity index (χ2n) is 3.31. The molecule has 1 aliphatic heterocycles. The van der Waals surface area contributed by atoms with Crippen molar-refractivity contribution in [3.05, 3.63) is 16.3 Å².